The summed E-state index contributed by atoms with van der Waals surface area (Å²) in [5, 5.41) is 4.30. The van der Waals surface area contributed by atoms with Crippen molar-refractivity contribution >= 4 is 34.2 Å². The maximum Gasteiger partial charge on any atom is 0.300 e. The van der Waals surface area contributed by atoms with E-state index in [1.807, 2.05) is 38.1 Å². The van der Waals surface area contributed by atoms with Crippen molar-refractivity contribution in [3.8, 4) is 11.5 Å². The standard InChI is InChI=1S/C31H34N4O3S/c1-31(2)28(33-34-30(36)39-31)23-12-14-25-22(19-23)11-8-18-35(25)29(32-17-16-21-9-6-5-7-10-21)24-13-15-26(37-3)27(20-24)38-4/h5-7,9-10,12-15,19-20H,8,11,16-18H2,1-4H3,(H,34,36)/b32-29-. The Labute approximate surface area is 234 Å². The van der Waals surface area contributed by atoms with Gasteiger partial charge in [-0.2, -0.15) is 5.10 Å². The number of hydrogen-bond donors (Lipinski definition) is 1. The number of nitrogens with zero attached hydrogens (tertiary/aromatic N) is 3. The fourth-order valence-electron chi connectivity index (χ4n) is 5.16. The van der Waals surface area contributed by atoms with Crippen LogP contribution in [0.1, 0.15) is 42.5 Å². The molecular formula is C31H34N4O3S. The number of methoxy groups -OCH3 is 2. The number of fused-ring (bicyclic) bond motifs is 1. The van der Waals surface area contributed by atoms with Crippen LogP contribution in [0, 0.1) is 0 Å². The van der Waals surface area contributed by atoms with Crippen LogP contribution < -0.4 is 19.8 Å². The number of rotatable bonds is 7. The maximum atomic E-state index is 11.9. The highest BCUT2D eigenvalue weighted by molar-refractivity contribution is 8.15. The first kappa shape index (κ1) is 26.8. The summed E-state index contributed by atoms with van der Waals surface area (Å²) in [7, 11) is 3.30. The molecule has 8 heteroatoms. The van der Waals surface area contributed by atoms with Crippen LogP contribution in [0.2, 0.25) is 0 Å². The van der Waals surface area contributed by atoms with E-state index in [-0.39, 0.29) is 5.24 Å². The normalized spacial score (nSPS) is 16.7. The molecule has 2 aliphatic rings. The molecule has 39 heavy (non-hydrogen) atoms. The number of amides is 1. The Hall–Kier alpha value is -3.78. The Balaban J connectivity index is 1.52. The molecule has 0 fully saturated rings. The maximum absolute atomic E-state index is 11.9. The van der Waals surface area contributed by atoms with E-state index >= 15 is 0 Å². The highest BCUT2D eigenvalue weighted by Gasteiger charge is 2.34. The molecule has 202 valence electrons. The van der Waals surface area contributed by atoms with Gasteiger partial charge in [0.15, 0.2) is 11.5 Å². The molecule has 0 saturated heterocycles. The number of aryl methyl sites for hydroxylation is 1. The molecule has 2 heterocycles. The van der Waals surface area contributed by atoms with Crippen molar-refractivity contribution in [3.63, 3.8) is 0 Å². The molecule has 0 atom stereocenters. The first-order valence-corrected chi connectivity index (χ1v) is 14.0. The van der Waals surface area contributed by atoms with Crippen molar-refractivity contribution < 1.29 is 14.3 Å². The fraction of sp³-hybridized carbons (Fsp3) is 0.323. The van der Waals surface area contributed by atoms with Crippen LogP contribution in [0.15, 0.2) is 76.8 Å². The summed E-state index contributed by atoms with van der Waals surface area (Å²) in [4.78, 5) is 19.4. The summed E-state index contributed by atoms with van der Waals surface area (Å²) in [6.45, 7) is 5.61. The Morgan fingerprint density at radius 1 is 1.05 bits per heavy atom. The Morgan fingerprint density at radius 2 is 1.85 bits per heavy atom. The molecule has 0 spiro atoms. The van der Waals surface area contributed by atoms with Crippen LogP contribution in [0.25, 0.3) is 0 Å². The topological polar surface area (TPSA) is 75.5 Å². The first-order valence-electron chi connectivity index (χ1n) is 13.2. The van der Waals surface area contributed by atoms with Crippen molar-refractivity contribution in [2.24, 2.45) is 10.1 Å². The predicted molar refractivity (Wildman–Crippen MR) is 160 cm³/mol. The van der Waals surface area contributed by atoms with Gasteiger partial charge in [0.05, 0.1) is 24.7 Å². The number of carbonyl (C=O) groups is 1. The highest BCUT2D eigenvalue weighted by atomic mass is 32.2. The molecule has 0 unspecified atom stereocenters. The van der Waals surface area contributed by atoms with Crippen LogP contribution in [0.3, 0.4) is 0 Å². The third-order valence-corrected chi connectivity index (χ3v) is 8.03. The molecule has 0 radical (unpaired) electrons. The van der Waals surface area contributed by atoms with E-state index in [2.05, 4.69) is 57.9 Å². The van der Waals surface area contributed by atoms with E-state index in [9.17, 15) is 4.79 Å². The van der Waals surface area contributed by atoms with Crippen molar-refractivity contribution in [1.29, 1.82) is 0 Å². The zero-order chi connectivity index (χ0) is 27.4. The Morgan fingerprint density at radius 3 is 2.59 bits per heavy atom. The number of hydrazone groups is 1. The number of hydrogen-bond acceptors (Lipinski definition) is 6. The molecule has 0 aromatic heterocycles. The van der Waals surface area contributed by atoms with Gasteiger partial charge in [-0.05, 0) is 80.1 Å². The Bertz CT molecular complexity index is 1420. The van der Waals surface area contributed by atoms with Gasteiger partial charge in [0.2, 0.25) is 0 Å². The van der Waals surface area contributed by atoms with E-state index in [0.717, 1.165) is 54.2 Å². The lowest BCUT2D eigenvalue weighted by molar-refractivity contribution is 0.260. The zero-order valence-corrected chi connectivity index (χ0v) is 23.7. The molecule has 2 aliphatic heterocycles. The van der Waals surface area contributed by atoms with E-state index < -0.39 is 4.75 Å². The summed E-state index contributed by atoms with van der Waals surface area (Å²) >= 11 is 1.27. The summed E-state index contributed by atoms with van der Waals surface area (Å²) in [6, 6.07) is 22.9. The van der Waals surface area contributed by atoms with Gasteiger partial charge >= 0.3 is 0 Å². The molecule has 3 aromatic carbocycles. The molecule has 0 saturated carbocycles. The van der Waals surface area contributed by atoms with Gasteiger partial charge in [-0.25, -0.2) is 5.43 Å². The summed E-state index contributed by atoms with van der Waals surface area (Å²) in [5.41, 5.74) is 9.17. The molecular weight excluding hydrogens is 508 g/mol. The number of carbonyl (C=O) groups excluding carboxylic acids is 1. The van der Waals surface area contributed by atoms with Crippen molar-refractivity contribution in [2.75, 3.05) is 32.2 Å². The average Bonchev–Trinajstić information content (AvgIpc) is 2.94. The smallest absolute Gasteiger partial charge is 0.300 e. The monoisotopic (exact) mass is 542 g/mol. The van der Waals surface area contributed by atoms with Gasteiger partial charge in [0.1, 0.15) is 5.84 Å². The number of aliphatic imine (C=N–C) groups is 1. The van der Waals surface area contributed by atoms with Gasteiger partial charge in [0, 0.05) is 24.3 Å². The van der Waals surface area contributed by atoms with Crippen LogP contribution in [-0.2, 0) is 12.8 Å². The van der Waals surface area contributed by atoms with Gasteiger partial charge in [-0.3, -0.25) is 9.79 Å². The number of nitrogens with one attached hydrogen (secondary N) is 1. The molecule has 7 nitrogen and oxygen atoms in total. The molecule has 0 bridgehead atoms. The minimum absolute atomic E-state index is 0.126. The average molecular weight is 543 g/mol. The van der Waals surface area contributed by atoms with Crippen LogP contribution in [-0.4, -0.2) is 48.8 Å². The van der Waals surface area contributed by atoms with E-state index in [0.29, 0.717) is 18.0 Å². The lowest BCUT2D eigenvalue weighted by Gasteiger charge is -2.34. The molecule has 5 rings (SSSR count). The van der Waals surface area contributed by atoms with Crippen molar-refractivity contribution in [1.82, 2.24) is 5.43 Å². The first-order chi connectivity index (χ1) is 18.9. The number of benzene rings is 3. The number of anilines is 1. The van der Waals surface area contributed by atoms with Crippen LogP contribution >= 0.6 is 11.8 Å². The molecule has 0 aliphatic carbocycles. The summed E-state index contributed by atoms with van der Waals surface area (Å²) in [6.07, 6.45) is 2.83. The van der Waals surface area contributed by atoms with Crippen LogP contribution in [0.5, 0.6) is 11.5 Å². The second-order valence-electron chi connectivity index (χ2n) is 10.1. The summed E-state index contributed by atoms with van der Waals surface area (Å²) in [5.74, 6) is 2.28. The minimum Gasteiger partial charge on any atom is -0.493 e. The number of amidine groups is 1. The van der Waals surface area contributed by atoms with E-state index in [1.54, 1.807) is 14.2 Å². The van der Waals surface area contributed by atoms with E-state index in [1.165, 1.54) is 22.9 Å². The van der Waals surface area contributed by atoms with Gasteiger partial charge < -0.3 is 14.4 Å². The van der Waals surface area contributed by atoms with Gasteiger partial charge in [0.25, 0.3) is 5.24 Å². The minimum atomic E-state index is -0.408. The second kappa shape index (κ2) is 11.5. The largest absolute Gasteiger partial charge is 0.493 e. The van der Waals surface area contributed by atoms with Gasteiger partial charge in [-0.1, -0.05) is 48.2 Å². The zero-order valence-electron chi connectivity index (χ0n) is 22.9. The third-order valence-electron chi connectivity index (χ3n) is 7.05. The molecule has 1 N–H and O–H groups in total. The number of thioether (sulfide) groups is 1. The predicted octanol–water partition coefficient (Wildman–Crippen LogP) is 6.09. The molecule has 1 amide bonds. The number of ether oxygens (including phenoxy) is 2. The summed E-state index contributed by atoms with van der Waals surface area (Å²) < 4.78 is 10.7. The highest BCUT2D eigenvalue weighted by Crippen LogP contribution is 2.36. The Kier molecular flexibility index (Phi) is 7.93. The van der Waals surface area contributed by atoms with Crippen molar-refractivity contribution in [2.45, 2.75) is 37.9 Å². The van der Waals surface area contributed by atoms with Crippen LogP contribution in [0.4, 0.5) is 10.5 Å². The van der Waals surface area contributed by atoms with Crippen molar-refractivity contribution in [3.05, 3.63) is 89.0 Å². The lowest BCUT2D eigenvalue weighted by Crippen LogP contribution is -2.39. The lowest BCUT2D eigenvalue weighted by atomic mass is 9.93. The fourth-order valence-corrected chi connectivity index (χ4v) is 5.97. The quantitative estimate of drug-likeness (QED) is 0.289. The van der Waals surface area contributed by atoms with Gasteiger partial charge in [-0.15, -0.1) is 0 Å². The SMILES string of the molecule is COc1ccc(/C(=N/CCc2ccccc2)N2CCCc3cc(C4=NNC(=O)SC4(C)C)ccc32)cc1OC. The molecule has 3 aromatic rings. The second-order valence-corrected chi connectivity index (χ2v) is 11.7. The third kappa shape index (κ3) is 5.81. The van der Waals surface area contributed by atoms with E-state index in [4.69, 9.17) is 14.5 Å².